The third kappa shape index (κ3) is 2.95. The lowest BCUT2D eigenvalue weighted by molar-refractivity contribution is -0.432. The van der Waals surface area contributed by atoms with Crippen molar-refractivity contribution in [1.29, 1.82) is 0 Å². The largest absolute Gasteiger partial charge is 0.872 e. The van der Waals surface area contributed by atoms with E-state index in [0.29, 0.717) is 18.1 Å². The summed E-state index contributed by atoms with van der Waals surface area (Å²) in [6.07, 6.45) is 0. The smallest absolute Gasteiger partial charge is 0.124 e. The lowest BCUT2D eigenvalue weighted by Gasteiger charge is -2.16. The third-order valence-electron chi connectivity index (χ3n) is 2.39. The van der Waals surface area contributed by atoms with Crippen LogP contribution >= 0.6 is 12.0 Å². The predicted octanol–water partition coefficient (Wildman–Crippen LogP) is 0.951. The molecule has 0 unspecified atom stereocenters. The second-order valence-corrected chi connectivity index (χ2v) is 5.80. The summed E-state index contributed by atoms with van der Waals surface area (Å²) in [5.74, 6) is -1.23. The highest BCUT2D eigenvalue weighted by molar-refractivity contribution is 7.94. The van der Waals surface area contributed by atoms with Gasteiger partial charge >= 0.3 is 0 Å². The Morgan fingerprint density at radius 3 is 2.50 bits per heavy atom. The van der Waals surface area contributed by atoms with Gasteiger partial charge in [-0.15, -0.1) is 4.33 Å². The number of hydrogen-bond donors (Lipinski definition) is 2. The molecule has 0 radical (unpaired) electrons. The molecule has 0 heterocycles. The Morgan fingerprint density at radius 2 is 1.90 bits per heavy atom. The molecule has 0 fully saturated rings. The summed E-state index contributed by atoms with van der Waals surface area (Å²) in [6.45, 7) is 0. The quantitative estimate of drug-likeness (QED) is 0.365. The first-order valence-corrected chi connectivity index (χ1v) is 7.06. The van der Waals surface area contributed by atoms with E-state index in [2.05, 4.69) is 9.37 Å². The Balaban J connectivity index is 2.67. The summed E-state index contributed by atoms with van der Waals surface area (Å²) in [5.41, 5.74) is 0. The van der Waals surface area contributed by atoms with Crippen LogP contribution in [0.1, 0.15) is 0 Å². The number of hydrogen-bond acceptors (Lipinski definition) is 9. The van der Waals surface area contributed by atoms with Gasteiger partial charge in [0.05, 0.1) is 16.9 Å². The maximum absolute atomic E-state index is 11.8. The maximum Gasteiger partial charge on any atom is 0.124 e. The predicted molar refractivity (Wildman–Crippen MR) is 63.7 cm³/mol. The average Bonchev–Trinajstić information content (AvgIpc) is 2.34. The van der Waals surface area contributed by atoms with Crippen LogP contribution in [0.15, 0.2) is 34.1 Å². The lowest BCUT2D eigenvalue weighted by atomic mass is 10.1. The number of rotatable bonds is 4. The molecule has 108 valence electrons. The van der Waals surface area contributed by atoms with E-state index in [1.807, 2.05) is 0 Å². The normalized spacial score (nSPS) is 11.9. The molecule has 0 amide bonds. The van der Waals surface area contributed by atoms with Crippen molar-refractivity contribution in [3.05, 3.63) is 24.3 Å². The van der Waals surface area contributed by atoms with Crippen LogP contribution < -0.4 is 5.11 Å². The zero-order valence-electron chi connectivity index (χ0n) is 9.47. The summed E-state index contributed by atoms with van der Waals surface area (Å²) in [5, 5.41) is 32.7. The van der Waals surface area contributed by atoms with Crippen LogP contribution in [-0.2, 0) is 19.5 Å². The molecule has 0 saturated heterocycles. The van der Waals surface area contributed by atoms with E-state index in [1.165, 1.54) is 6.07 Å². The van der Waals surface area contributed by atoms with E-state index in [9.17, 15) is 23.2 Å². The fourth-order valence-corrected chi connectivity index (χ4v) is 2.61. The van der Waals surface area contributed by atoms with E-state index in [4.69, 9.17) is 5.26 Å². The molecule has 20 heavy (non-hydrogen) atoms. The minimum Gasteiger partial charge on any atom is -0.872 e. The van der Waals surface area contributed by atoms with Gasteiger partial charge in [-0.2, -0.15) is 0 Å². The van der Waals surface area contributed by atoms with Crippen LogP contribution in [0.3, 0.4) is 0 Å². The van der Waals surface area contributed by atoms with Crippen LogP contribution in [0.4, 0.5) is 0 Å². The van der Waals surface area contributed by atoms with Crippen molar-refractivity contribution in [3.63, 3.8) is 0 Å². The summed E-state index contributed by atoms with van der Waals surface area (Å²) < 4.78 is 37.0. The molecule has 10 heteroatoms. The highest BCUT2D eigenvalue weighted by Gasteiger charge is 2.10. The van der Waals surface area contributed by atoms with E-state index in [-0.39, 0.29) is 15.7 Å². The van der Waals surface area contributed by atoms with Gasteiger partial charge < -0.3 is 14.8 Å². The number of phenols is 1. The molecular weight excluding hydrogens is 312 g/mol. The first kappa shape index (κ1) is 14.8. The lowest BCUT2D eigenvalue weighted by Crippen LogP contribution is -1.99. The molecule has 0 aromatic heterocycles. The molecule has 2 aromatic rings. The molecule has 0 saturated carbocycles. The number of aromatic hydroxyl groups is 1. The topological polar surface area (TPSA) is 139 Å². The van der Waals surface area contributed by atoms with Gasteiger partial charge in [-0.05, 0) is 23.6 Å². The van der Waals surface area contributed by atoms with E-state index in [1.54, 1.807) is 0 Å². The van der Waals surface area contributed by atoms with Crippen LogP contribution in [0.5, 0.6) is 11.5 Å². The number of phenolic OH excluding ortho intramolecular Hbond substituents is 1. The summed E-state index contributed by atoms with van der Waals surface area (Å²) >= 11 is 0.487. The van der Waals surface area contributed by atoms with Gasteiger partial charge in [-0.3, -0.25) is 0 Å². The fraction of sp³-hybridized carbons (Fsp3) is 0. The van der Waals surface area contributed by atoms with Crippen LogP contribution in [0.2, 0.25) is 0 Å². The zero-order chi connectivity index (χ0) is 14.9. The first-order valence-electron chi connectivity index (χ1n) is 4.91. The van der Waals surface area contributed by atoms with Crippen LogP contribution in [0, 0.1) is 0 Å². The van der Waals surface area contributed by atoms with Gasteiger partial charge in [-0.25, -0.2) is 13.7 Å². The first-order chi connectivity index (χ1) is 9.32. The minimum absolute atomic E-state index is 0.0379. The molecule has 0 spiro atoms. The van der Waals surface area contributed by atoms with Gasteiger partial charge in [0, 0.05) is 10.3 Å². The standard InChI is InChI=1S/C10H8O8S2/c11-8-3-6(19-18-17-13)1-5-2-7(20(14,15)16)4-9(12)10(5)8/h1-4,11-13H,(H,14,15,16)/p-2. The Labute approximate surface area is 117 Å². The van der Waals surface area contributed by atoms with Crippen molar-refractivity contribution in [2.75, 3.05) is 0 Å². The Bertz CT molecular complexity index is 755. The molecule has 0 aliphatic heterocycles. The Hall–Kier alpha value is -1.56. The van der Waals surface area contributed by atoms with E-state index >= 15 is 0 Å². The monoisotopic (exact) mass is 318 g/mol. The van der Waals surface area contributed by atoms with Gasteiger partial charge in [-0.1, -0.05) is 16.9 Å². The number of benzene rings is 2. The number of fused-ring (bicyclic) bond motifs is 1. The van der Waals surface area contributed by atoms with Crippen LogP contribution in [0.25, 0.3) is 10.8 Å². The van der Waals surface area contributed by atoms with E-state index < -0.39 is 26.5 Å². The van der Waals surface area contributed by atoms with Gasteiger partial charge in [0.2, 0.25) is 0 Å². The van der Waals surface area contributed by atoms with Crippen molar-refractivity contribution >= 4 is 32.9 Å². The molecule has 8 nitrogen and oxygen atoms in total. The summed E-state index contributed by atoms with van der Waals surface area (Å²) in [7, 11) is -4.77. The molecule has 0 bridgehead atoms. The molecule has 0 aliphatic carbocycles. The van der Waals surface area contributed by atoms with Gasteiger partial charge in [0.15, 0.2) is 0 Å². The summed E-state index contributed by atoms with van der Waals surface area (Å²) in [6, 6.07) is 4.04. The molecular formula is C10H6O8S2-2. The van der Waals surface area contributed by atoms with Crippen molar-refractivity contribution in [2.45, 2.75) is 9.79 Å². The highest BCUT2D eigenvalue weighted by Crippen LogP contribution is 2.37. The van der Waals surface area contributed by atoms with Crippen molar-refractivity contribution in [3.8, 4) is 11.5 Å². The maximum atomic E-state index is 11.8. The molecule has 2 N–H and O–H groups in total. The van der Waals surface area contributed by atoms with Crippen molar-refractivity contribution in [1.82, 2.24) is 0 Å². The van der Waals surface area contributed by atoms with Crippen LogP contribution in [-0.4, -0.2) is 23.3 Å². The van der Waals surface area contributed by atoms with E-state index in [0.717, 1.165) is 12.1 Å². The van der Waals surface area contributed by atoms with Crippen molar-refractivity contribution in [2.24, 2.45) is 0 Å². The zero-order valence-corrected chi connectivity index (χ0v) is 11.1. The van der Waals surface area contributed by atoms with Gasteiger partial charge in [0.1, 0.15) is 15.9 Å². The van der Waals surface area contributed by atoms with Gasteiger partial charge in [0.25, 0.3) is 0 Å². The second-order valence-electron chi connectivity index (χ2n) is 3.64. The molecule has 0 aliphatic rings. The minimum atomic E-state index is -4.77. The van der Waals surface area contributed by atoms with Crippen molar-refractivity contribution < 1.29 is 37.8 Å². The average molecular weight is 318 g/mol. The molecule has 2 rings (SSSR count). The Morgan fingerprint density at radius 1 is 1.20 bits per heavy atom. The SMILES string of the molecule is O=S(=O)([O-])c1cc(O)c2c([O-])cc(SOOO)cc2c1. The summed E-state index contributed by atoms with van der Waals surface area (Å²) in [4.78, 5) is -0.486. The Kier molecular flexibility index (Phi) is 4.04. The third-order valence-corrected chi connectivity index (χ3v) is 3.76. The second kappa shape index (κ2) is 5.44. The highest BCUT2D eigenvalue weighted by atomic mass is 32.2. The molecule has 2 aromatic carbocycles. The molecule has 0 atom stereocenters. The fourth-order valence-electron chi connectivity index (χ4n) is 1.65.